The zero-order valence-corrected chi connectivity index (χ0v) is 35.1. The van der Waals surface area contributed by atoms with Gasteiger partial charge in [0.1, 0.15) is 29.8 Å². The van der Waals surface area contributed by atoms with Gasteiger partial charge in [0.15, 0.2) is 0 Å². The molecule has 0 bridgehead atoms. The van der Waals surface area contributed by atoms with Gasteiger partial charge in [0, 0.05) is 87.0 Å². The highest BCUT2D eigenvalue weighted by atomic mass is 35.5. The molecular weight excluding hydrogens is 770 g/mol. The molecule has 3 fully saturated rings. The minimum Gasteiger partial charge on any atom is -0.489 e. The van der Waals surface area contributed by atoms with Crippen LogP contribution >= 0.6 is 11.6 Å². The largest absolute Gasteiger partial charge is 0.489 e. The first-order valence-corrected chi connectivity index (χ1v) is 21.1. The predicted molar refractivity (Wildman–Crippen MR) is 223 cm³/mol. The molecule has 4 amide bonds. The molecule has 1 atom stereocenters. The van der Waals surface area contributed by atoms with Crippen molar-refractivity contribution in [3.63, 3.8) is 0 Å². The molecule has 312 valence electrons. The van der Waals surface area contributed by atoms with Gasteiger partial charge in [0.2, 0.25) is 11.8 Å². The molecule has 2 N–H and O–H groups in total. The van der Waals surface area contributed by atoms with Crippen LogP contribution in [0.1, 0.15) is 97.2 Å². The summed E-state index contributed by atoms with van der Waals surface area (Å²) in [4.78, 5) is 61.5. The number of unbranched alkanes of at least 4 members (excludes halogenated alkanes) is 2. The van der Waals surface area contributed by atoms with E-state index >= 15 is 0 Å². The summed E-state index contributed by atoms with van der Waals surface area (Å²) in [6, 6.07) is 16.0. The second-order valence-corrected chi connectivity index (χ2v) is 17.7. The lowest BCUT2D eigenvalue weighted by molar-refractivity contribution is -0.164. The van der Waals surface area contributed by atoms with Crippen LogP contribution in [0.4, 0.5) is 5.82 Å². The number of piperazine rings is 1. The highest BCUT2D eigenvalue weighted by Crippen LogP contribution is 2.55. The van der Waals surface area contributed by atoms with Crippen molar-refractivity contribution >= 4 is 41.0 Å². The quantitative estimate of drug-likeness (QED) is 0.148. The Morgan fingerprint density at radius 1 is 1.00 bits per heavy atom. The molecule has 7 rings (SSSR count). The Kier molecular flexibility index (Phi) is 12.6. The van der Waals surface area contributed by atoms with Crippen LogP contribution in [-0.4, -0.2) is 103 Å². The van der Waals surface area contributed by atoms with E-state index in [4.69, 9.17) is 21.1 Å². The molecule has 1 aliphatic carbocycles. The van der Waals surface area contributed by atoms with Gasteiger partial charge in [-0.15, -0.1) is 0 Å². The number of aromatic nitrogens is 1. The molecule has 0 spiro atoms. The Morgan fingerprint density at radius 2 is 1.78 bits per heavy atom. The monoisotopic (exact) mass is 823 g/mol. The third-order valence-corrected chi connectivity index (χ3v) is 12.9. The van der Waals surface area contributed by atoms with E-state index in [0.29, 0.717) is 53.6 Å². The number of amides is 4. The highest BCUT2D eigenvalue weighted by Gasteiger charge is 2.64. The number of rotatable bonds is 15. The number of halogens is 1. The number of pyridine rings is 1. The van der Waals surface area contributed by atoms with E-state index in [2.05, 4.69) is 65.2 Å². The first kappa shape index (κ1) is 42.1. The fourth-order valence-corrected chi connectivity index (χ4v) is 9.81. The summed E-state index contributed by atoms with van der Waals surface area (Å²) >= 11 is 6.24. The van der Waals surface area contributed by atoms with Crippen molar-refractivity contribution in [2.75, 3.05) is 50.8 Å². The maximum absolute atomic E-state index is 13.4. The number of nitrogens with one attached hydrogen (secondary N) is 2. The lowest BCUT2D eigenvalue weighted by Crippen LogP contribution is -2.74. The van der Waals surface area contributed by atoms with Gasteiger partial charge in [-0.1, -0.05) is 57.8 Å². The molecule has 1 aromatic heterocycles. The van der Waals surface area contributed by atoms with Crippen LogP contribution in [-0.2, 0) is 27.3 Å². The molecular formula is C45H54ClN7O6. The minimum absolute atomic E-state index is 0.132. The number of nitrogens with zero attached hydrogens (tertiary/aromatic N) is 5. The van der Waals surface area contributed by atoms with Gasteiger partial charge < -0.3 is 24.6 Å². The average molecular weight is 824 g/mol. The average Bonchev–Trinajstić information content (AvgIpc) is 3.56. The predicted octanol–water partition coefficient (Wildman–Crippen LogP) is 5.53. The zero-order chi connectivity index (χ0) is 41.9. The van der Waals surface area contributed by atoms with E-state index < -0.39 is 6.04 Å². The summed E-state index contributed by atoms with van der Waals surface area (Å²) in [6.45, 7) is 14.5. The third kappa shape index (κ3) is 8.95. The second kappa shape index (κ2) is 17.7. The number of benzene rings is 2. The zero-order valence-electron chi connectivity index (χ0n) is 34.4. The summed E-state index contributed by atoms with van der Waals surface area (Å²) in [5.41, 5.74) is 3.00. The van der Waals surface area contributed by atoms with Gasteiger partial charge in [0.25, 0.3) is 11.8 Å². The van der Waals surface area contributed by atoms with E-state index in [9.17, 15) is 24.4 Å². The van der Waals surface area contributed by atoms with Crippen molar-refractivity contribution in [2.45, 2.75) is 91.0 Å². The second-order valence-electron chi connectivity index (χ2n) is 17.3. The number of aryl methyl sites for hydroxylation is 1. The first-order valence-electron chi connectivity index (χ1n) is 20.7. The maximum atomic E-state index is 13.4. The van der Waals surface area contributed by atoms with E-state index in [1.54, 1.807) is 29.3 Å². The number of hydrogen-bond acceptors (Lipinski definition) is 10. The Balaban J connectivity index is 0.778. The molecule has 3 aromatic rings. The van der Waals surface area contributed by atoms with Crippen LogP contribution in [0.3, 0.4) is 0 Å². The van der Waals surface area contributed by atoms with Crippen LogP contribution in [0.2, 0.25) is 5.02 Å². The summed E-state index contributed by atoms with van der Waals surface area (Å²) in [6.07, 6.45) is 5.91. The maximum Gasteiger partial charge on any atom is 0.255 e. The van der Waals surface area contributed by atoms with E-state index in [0.717, 1.165) is 75.4 Å². The molecule has 2 aromatic carbocycles. The van der Waals surface area contributed by atoms with Crippen molar-refractivity contribution < 1.29 is 28.7 Å². The van der Waals surface area contributed by atoms with Gasteiger partial charge in [0.05, 0.1) is 22.8 Å². The van der Waals surface area contributed by atoms with Gasteiger partial charge in [-0.05, 0) is 67.1 Å². The van der Waals surface area contributed by atoms with Crippen LogP contribution in [0.5, 0.6) is 5.75 Å². The van der Waals surface area contributed by atoms with Gasteiger partial charge in [-0.25, -0.2) is 4.98 Å². The Hall–Kier alpha value is -5.03. The number of anilines is 1. The number of imide groups is 1. The topological polar surface area (TPSA) is 157 Å². The lowest BCUT2D eigenvalue weighted by Gasteiger charge is -2.63. The molecule has 0 radical (unpaired) electrons. The summed E-state index contributed by atoms with van der Waals surface area (Å²) < 4.78 is 12.4. The van der Waals surface area contributed by atoms with Gasteiger partial charge >= 0.3 is 0 Å². The van der Waals surface area contributed by atoms with E-state index in [1.165, 1.54) is 0 Å². The first-order chi connectivity index (χ1) is 28.3. The summed E-state index contributed by atoms with van der Waals surface area (Å²) in [7, 11) is 0. The normalized spacial score (nSPS) is 22.3. The number of piperidine rings is 1. The number of hydrogen-bond donors (Lipinski definition) is 2. The number of fused-ring (bicyclic) bond motifs is 1. The fraction of sp³-hybridized carbons (Fsp3) is 0.511. The highest BCUT2D eigenvalue weighted by molar-refractivity contribution is 6.31. The minimum atomic E-state index is -0.599. The number of ether oxygens (including phenoxy) is 2. The van der Waals surface area contributed by atoms with E-state index in [-0.39, 0.29) is 53.0 Å². The lowest BCUT2D eigenvalue weighted by atomic mass is 9.49. The summed E-state index contributed by atoms with van der Waals surface area (Å²) in [5, 5.41) is 15.2. The van der Waals surface area contributed by atoms with Gasteiger partial charge in [-0.3, -0.25) is 29.4 Å². The molecule has 4 heterocycles. The third-order valence-electron chi connectivity index (χ3n) is 12.6. The van der Waals surface area contributed by atoms with Crippen LogP contribution < -0.4 is 20.3 Å². The Bertz CT molecular complexity index is 2090. The van der Waals surface area contributed by atoms with Gasteiger partial charge in [-0.2, -0.15) is 5.26 Å². The molecule has 13 nitrogen and oxygen atoms in total. The molecule has 2 saturated heterocycles. The molecule has 59 heavy (non-hydrogen) atoms. The van der Waals surface area contributed by atoms with Crippen molar-refractivity contribution in [2.24, 2.45) is 10.8 Å². The number of carbonyl (C=O) groups excluding carboxylic acids is 4. The molecule has 4 aliphatic rings. The van der Waals surface area contributed by atoms with Crippen molar-refractivity contribution in [1.82, 2.24) is 25.4 Å². The van der Waals surface area contributed by atoms with Crippen molar-refractivity contribution in [1.29, 1.82) is 5.26 Å². The Morgan fingerprint density at radius 3 is 2.47 bits per heavy atom. The number of carbonyl (C=O) groups is 4. The smallest absolute Gasteiger partial charge is 0.255 e. The van der Waals surface area contributed by atoms with Crippen LogP contribution in [0.15, 0.2) is 54.7 Å². The molecule has 1 unspecified atom stereocenters. The van der Waals surface area contributed by atoms with Crippen molar-refractivity contribution in [3.8, 4) is 11.8 Å². The summed E-state index contributed by atoms with van der Waals surface area (Å²) in [5.74, 6) is 0.482. The Labute approximate surface area is 351 Å². The molecule has 1 saturated carbocycles. The SMILES string of the molecule is CC1(C)C(NC(=O)c2ccc(N3CCN(CCOCCCCCc4cccc5c4CN(C4CCC(=O)NC4=O)C5=O)CC3)nc2)C(C)(C)C1Oc1ccc(C#N)c(Cl)c1. The standard InChI is InChI=1S/C45H54ClN7O6/c1-44(2)42(45(3,4)43(44)59-32-14-12-30(26-47)35(46)25-32)50-39(55)31-13-16-37(48-27-31)52-20-18-51(19-21-52)22-24-58-23-7-5-6-9-29-10-8-11-33-34(29)28-53(41(33)57)36-15-17-38(54)49-40(36)56/h8,10-14,16,25,27,36,42-43H,5-7,9,15,17-24,28H2,1-4H3,(H,50,55)(H,49,54,56). The van der Waals surface area contributed by atoms with Crippen LogP contribution in [0, 0.1) is 22.2 Å². The van der Waals surface area contributed by atoms with E-state index in [1.807, 2.05) is 24.3 Å². The molecule has 14 heteroatoms. The number of nitriles is 1. The van der Waals surface area contributed by atoms with Crippen molar-refractivity contribution in [3.05, 3.63) is 87.6 Å². The fourth-order valence-electron chi connectivity index (χ4n) is 9.59. The van der Waals surface area contributed by atoms with Crippen LogP contribution in [0.25, 0.3) is 0 Å². The molecule has 3 aliphatic heterocycles.